The number of amidine groups is 1. The quantitative estimate of drug-likeness (QED) is 0.440. The molecule has 7 nitrogen and oxygen atoms in total. The van der Waals surface area contributed by atoms with Crippen LogP contribution in [0.25, 0.3) is 5.57 Å². The molecular formula is C27H32N4O3. The lowest BCUT2D eigenvalue weighted by molar-refractivity contribution is -0.143. The highest BCUT2D eigenvalue weighted by molar-refractivity contribution is 5.95. The molecule has 0 bridgehead atoms. The Balaban J connectivity index is 1.46. The summed E-state index contributed by atoms with van der Waals surface area (Å²) in [5.41, 5.74) is 9.61. The van der Waals surface area contributed by atoms with Crippen LogP contribution in [0.2, 0.25) is 0 Å². The van der Waals surface area contributed by atoms with Crippen molar-refractivity contribution in [3.63, 3.8) is 0 Å². The van der Waals surface area contributed by atoms with Crippen molar-refractivity contribution in [2.75, 3.05) is 13.1 Å². The number of nitrogens with one attached hydrogen (secondary N) is 1. The van der Waals surface area contributed by atoms with Crippen LogP contribution in [0.5, 0.6) is 0 Å². The second kappa shape index (κ2) is 10.5. The Hall–Kier alpha value is -3.61. The van der Waals surface area contributed by atoms with Gasteiger partial charge in [0.05, 0.1) is 5.92 Å². The number of carboxylic acid groups (broad SMARTS) is 1. The number of aliphatic carboxylic acids is 1. The number of nitrogens with zero attached hydrogens (tertiary/aromatic N) is 2. The van der Waals surface area contributed by atoms with Gasteiger partial charge in [-0.15, -0.1) is 0 Å². The Bertz CT molecular complexity index is 1060. The first-order valence-electron chi connectivity index (χ1n) is 11.9. The van der Waals surface area contributed by atoms with Gasteiger partial charge in [-0.25, -0.2) is 4.79 Å². The average molecular weight is 461 g/mol. The Labute approximate surface area is 200 Å². The van der Waals surface area contributed by atoms with E-state index < -0.39 is 5.97 Å². The van der Waals surface area contributed by atoms with Gasteiger partial charge in [-0.2, -0.15) is 0 Å². The van der Waals surface area contributed by atoms with Crippen LogP contribution in [-0.4, -0.2) is 51.9 Å². The van der Waals surface area contributed by atoms with Gasteiger partial charge in [-0.05, 0) is 48.8 Å². The molecule has 34 heavy (non-hydrogen) atoms. The Morgan fingerprint density at radius 1 is 1.03 bits per heavy atom. The van der Waals surface area contributed by atoms with E-state index in [0.29, 0.717) is 50.9 Å². The first-order chi connectivity index (χ1) is 16.4. The third-order valence-electron chi connectivity index (χ3n) is 6.97. The zero-order valence-corrected chi connectivity index (χ0v) is 19.3. The lowest BCUT2D eigenvalue weighted by Crippen LogP contribution is -2.50. The molecule has 4 rings (SSSR count). The van der Waals surface area contributed by atoms with Crippen LogP contribution in [0, 0.1) is 11.3 Å². The molecule has 2 aromatic rings. The third kappa shape index (κ3) is 5.47. The molecule has 1 aliphatic heterocycles. The molecule has 2 aliphatic rings. The highest BCUT2D eigenvalue weighted by Gasteiger charge is 2.33. The number of benzene rings is 2. The molecule has 1 heterocycles. The summed E-state index contributed by atoms with van der Waals surface area (Å²) in [6.07, 6.45) is 5.51. The lowest BCUT2D eigenvalue weighted by Gasteiger charge is -2.40. The number of urea groups is 1. The van der Waals surface area contributed by atoms with Gasteiger partial charge in [0.25, 0.3) is 0 Å². The summed E-state index contributed by atoms with van der Waals surface area (Å²) in [5.74, 6) is -0.985. The molecule has 7 heteroatoms. The van der Waals surface area contributed by atoms with Gasteiger partial charge < -0.3 is 20.6 Å². The number of hydrogen-bond donors (Lipinski definition) is 3. The summed E-state index contributed by atoms with van der Waals surface area (Å²) < 4.78 is 0. The van der Waals surface area contributed by atoms with Gasteiger partial charge in [-0.1, -0.05) is 60.7 Å². The maximum atomic E-state index is 13.6. The van der Waals surface area contributed by atoms with E-state index in [0.717, 1.165) is 17.5 Å². The fourth-order valence-corrected chi connectivity index (χ4v) is 4.92. The average Bonchev–Trinajstić information content (AvgIpc) is 2.88. The van der Waals surface area contributed by atoms with Gasteiger partial charge in [-0.3, -0.25) is 10.2 Å². The molecule has 178 valence electrons. The van der Waals surface area contributed by atoms with E-state index in [-0.39, 0.29) is 23.8 Å². The van der Waals surface area contributed by atoms with Crippen LogP contribution >= 0.6 is 0 Å². The minimum absolute atomic E-state index is 0.0184. The van der Waals surface area contributed by atoms with Crippen LogP contribution < -0.4 is 5.73 Å². The molecule has 4 N–H and O–H groups in total. The number of hydrogen-bond acceptors (Lipinski definition) is 3. The summed E-state index contributed by atoms with van der Waals surface area (Å²) in [4.78, 5) is 28.9. The fraction of sp³-hybridized carbons (Fsp3) is 0.370. The first kappa shape index (κ1) is 23.5. The summed E-state index contributed by atoms with van der Waals surface area (Å²) in [7, 11) is 0. The number of rotatable bonds is 6. The fourth-order valence-electron chi connectivity index (χ4n) is 4.92. The van der Waals surface area contributed by atoms with Gasteiger partial charge in [0, 0.05) is 31.2 Å². The molecule has 0 saturated heterocycles. The Morgan fingerprint density at radius 3 is 2.26 bits per heavy atom. The normalized spacial score (nSPS) is 20.4. The number of carboxylic acids is 1. The zero-order valence-electron chi connectivity index (χ0n) is 19.3. The van der Waals surface area contributed by atoms with Gasteiger partial charge in [0.2, 0.25) is 0 Å². The molecule has 2 aromatic carbocycles. The predicted molar refractivity (Wildman–Crippen MR) is 132 cm³/mol. The van der Waals surface area contributed by atoms with Crippen molar-refractivity contribution >= 4 is 23.4 Å². The topological polar surface area (TPSA) is 111 Å². The van der Waals surface area contributed by atoms with Gasteiger partial charge >= 0.3 is 12.0 Å². The van der Waals surface area contributed by atoms with Crippen LogP contribution in [0.1, 0.15) is 48.8 Å². The standard InChI is InChI=1S/C27H32N4O3/c28-25(29)22-8-6-20(7-9-22)21-14-16-30(17-15-21)27(34)31(18-19-4-2-1-3-5-19)24-12-10-23(11-13-24)26(32)33/h1-9,14,23-24H,10-13,15-18H2,(H3,28,29)(H,32,33). The van der Waals surface area contributed by atoms with Crippen LogP contribution in [-0.2, 0) is 11.3 Å². The van der Waals surface area contributed by atoms with E-state index in [2.05, 4.69) is 6.08 Å². The van der Waals surface area contributed by atoms with Gasteiger partial charge in [0.15, 0.2) is 0 Å². The van der Waals surface area contributed by atoms with Crippen LogP contribution in [0.3, 0.4) is 0 Å². The number of nitrogen functional groups attached to an aromatic ring is 1. The maximum absolute atomic E-state index is 13.6. The molecule has 1 fully saturated rings. The smallest absolute Gasteiger partial charge is 0.320 e. The summed E-state index contributed by atoms with van der Waals surface area (Å²) in [6, 6.07) is 17.7. The molecule has 2 amide bonds. The van der Waals surface area contributed by atoms with E-state index in [1.807, 2.05) is 64.4 Å². The largest absolute Gasteiger partial charge is 0.481 e. The van der Waals surface area contributed by atoms with Crippen molar-refractivity contribution < 1.29 is 14.7 Å². The van der Waals surface area contributed by atoms with E-state index in [1.165, 1.54) is 5.57 Å². The minimum Gasteiger partial charge on any atom is -0.481 e. The highest BCUT2D eigenvalue weighted by atomic mass is 16.4. The second-order valence-electron chi connectivity index (χ2n) is 9.16. The minimum atomic E-state index is -0.732. The zero-order chi connectivity index (χ0) is 24.1. The van der Waals surface area contributed by atoms with Crippen molar-refractivity contribution in [1.82, 2.24) is 9.80 Å². The SMILES string of the molecule is N=C(N)c1ccc(C2=CCN(C(=O)N(Cc3ccccc3)C3CCC(C(=O)O)CC3)CC2)cc1. The summed E-state index contributed by atoms with van der Waals surface area (Å²) in [5, 5.41) is 16.9. The summed E-state index contributed by atoms with van der Waals surface area (Å²) >= 11 is 0. The second-order valence-corrected chi connectivity index (χ2v) is 9.16. The van der Waals surface area contributed by atoms with E-state index in [9.17, 15) is 14.7 Å². The Morgan fingerprint density at radius 2 is 1.71 bits per heavy atom. The summed E-state index contributed by atoms with van der Waals surface area (Å²) in [6.45, 7) is 1.70. The van der Waals surface area contributed by atoms with Crippen LogP contribution in [0.15, 0.2) is 60.7 Å². The molecular weight excluding hydrogens is 428 g/mol. The van der Waals surface area contributed by atoms with E-state index in [1.54, 1.807) is 0 Å². The van der Waals surface area contributed by atoms with Crippen molar-refractivity contribution in [1.29, 1.82) is 5.41 Å². The molecule has 0 atom stereocenters. The number of nitrogens with two attached hydrogens (primary N) is 1. The van der Waals surface area contributed by atoms with E-state index >= 15 is 0 Å². The van der Waals surface area contributed by atoms with Gasteiger partial charge in [0.1, 0.15) is 5.84 Å². The molecule has 1 saturated carbocycles. The number of carbonyl (C=O) groups excluding carboxylic acids is 1. The van der Waals surface area contributed by atoms with Crippen molar-refractivity contribution in [2.24, 2.45) is 11.7 Å². The van der Waals surface area contributed by atoms with Crippen molar-refractivity contribution in [3.05, 3.63) is 77.4 Å². The molecule has 0 unspecified atom stereocenters. The first-order valence-corrected chi connectivity index (χ1v) is 11.9. The molecule has 0 aromatic heterocycles. The van der Waals surface area contributed by atoms with Crippen molar-refractivity contribution in [2.45, 2.75) is 44.7 Å². The van der Waals surface area contributed by atoms with Crippen molar-refractivity contribution in [3.8, 4) is 0 Å². The predicted octanol–water partition coefficient (Wildman–Crippen LogP) is 4.33. The number of carbonyl (C=O) groups is 2. The Kier molecular flexibility index (Phi) is 7.30. The molecule has 0 radical (unpaired) electrons. The maximum Gasteiger partial charge on any atom is 0.320 e. The van der Waals surface area contributed by atoms with Crippen LogP contribution in [0.4, 0.5) is 4.79 Å². The third-order valence-corrected chi connectivity index (χ3v) is 6.97. The number of amides is 2. The monoisotopic (exact) mass is 460 g/mol. The molecule has 1 aliphatic carbocycles. The highest BCUT2D eigenvalue weighted by Crippen LogP contribution is 2.30. The molecule has 0 spiro atoms. The van der Waals surface area contributed by atoms with E-state index in [4.69, 9.17) is 11.1 Å². The lowest BCUT2D eigenvalue weighted by atomic mass is 9.85.